The van der Waals surface area contributed by atoms with E-state index in [2.05, 4.69) is 14.9 Å². The second-order valence-corrected chi connectivity index (χ2v) is 7.54. The van der Waals surface area contributed by atoms with Gasteiger partial charge in [0.05, 0.1) is 17.5 Å². The van der Waals surface area contributed by atoms with Gasteiger partial charge in [0.2, 0.25) is 10.0 Å². The van der Waals surface area contributed by atoms with Gasteiger partial charge >= 0.3 is 0 Å². The Bertz CT molecular complexity index is 528. The summed E-state index contributed by atoms with van der Waals surface area (Å²) in [6, 6.07) is 0. The molecule has 18 heavy (non-hydrogen) atoms. The van der Waals surface area contributed by atoms with Crippen molar-refractivity contribution in [2.45, 2.75) is 27.2 Å². The molecule has 0 aliphatic rings. The molecule has 0 radical (unpaired) electrons. The van der Waals surface area contributed by atoms with Gasteiger partial charge in [-0.2, -0.15) is 5.10 Å². The second kappa shape index (κ2) is 5.23. The SMILES string of the molecule is CC(C)(C)CCS(=O)(=O)Nc1[nH]ncc1C(N)=S. The van der Waals surface area contributed by atoms with E-state index in [9.17, 15) is 8.42 Å². The number of hydrogen-bond donors (Lipinski definition) is 3. The Hall–Kier alpha value is -1.15. The third-order valence-electron chi connectivity index (χ3n) is 2.28. The van der Waals surface area contributed by atoms with Crippen molar-refractivity contribution >= 4 is 33.0 Å². The molecule has 1 rings (SSSR count). The van der Waals surface area contributed by atoms with E-state index in [1.165, 1.54) is 6.20 Å². The van der Waals surface area contributed by atoms with Gasteiger partial charge in [-0.3, -0.25) is 9.82 Å². The zero-order chi connectivity index (χ0) is 14.0. The summed E-state index contributed by atoms with van der Waals surface area (Å²) >= 11 is 4.80. The molecule has 0 aromatic carbocycles. The van der Waals surface area contributed by atoms with E-state index in [0.717, 1.165) is 0 Å². The number of anilines is 1. The van der Waals surface area contributed by atoms with Crippen LogP contribution in [-0.4, -0.2) is 29.4 Å². The first-order valence-electron chi connectivity index (χ1n) is 5.44. The first-order chi connectivity index (χ1) is 8.11. The van der Waals surface area contributed by atoms with Gasteiger partial charge in [0.25, 0.3) is 0 Å². The molecular weight excluding hydrogens is 272 g/mol. The van der Waals surface area contributed by atoms with E-state index in [4.69, 9.17) is 18.0 Å². The van der Waals surface area contributed by atoms with Gasteiger partial charge in [-0.25, -0.2) is 8.42 Å². The Kier molecular flexibility index (Phi) is 4.33. The quantitative estimate of drug-likeness (QED) is 0.708. The molecule has 0 aliphatic heterocycles. The zero-order valence-electron chi connectivity index (χ0n) is 10.6. The number of hydrogen-bond acceptors (Lipinski definition) is 4. The first kappa shape index (κ1) is 14.9. The van der Waals surface area contributed by atoms with Crippen LogP contribution in [0, 0.1) is 5.41 Å². The summed E-state index contributed by atoms with van der Waals surface area (Å²) in [5.74, 6) is 0.253. The average Bonchev–Trinajstić information content (AvgIpc) is 2.61. The van der Waals surface area contributed by atoms with Crippen LogP contribution in [0.2, 0.25) is 0 Å². The lowest BCUT2D eigenvalue weighted by atomic mass is 9.94. The number of aromatic nitrogens is 2. The minimum absolute atomic E-state index is 0.0340. The van der Waals surface area contributed by atoms with E-state index < -0.39 is 10.0 Å². The van der Waals surface area contributed by atoms with E-state index in [1.807, 2.05) is 20.8 Å². The molecule has 8 heteroatoms. The Morgan fingerprint density at radius 1 is 1.56 bits per heavy atom. The van der Waals surface area contributed by atoms with Crippen LogP contribution in [0.4, 0.5) is 5.82 Å². The zero-order valence-corrected chi connectivity index (χ0v) is 12.3. The highest BCUT2D eigenvalue weighted by molar-refractivity contribution is 7.92. The standard InChI is InChI=1S/C10H18N4O2S2/c1-10(2,3)4-5-18(15,16)14-9-7(8(11)17)6-12-13-9/h6H,4-5H2,1-3H3,(H2,11,17)(H2,12,13,14). The smallest absolute Gasteiger partial charge is 0.233 e. The number of rotatable bonds is 5. The summed E-state index contributed by atoms with van der Waals surface area (Å²) in [5.41, 5.74) is 5.80. The predicted octanol–water partition coefficient (Wildman–Crippen LogP) is 1.22. The molecule has 102 valence electrons. The number of thiocarbonyl (C=S) groups is 1. The molecule has 0 amide bonds. The molecule has 0 spiro atoms. The molecule has 6 nitrogen and oxygen atoms in total. The van der Waals surface area contributed by atoms with Gasteiger partial charge in [-0.15, -0.1) is 0 Å². The van der Waals surface area contributed by atoms with Crippen molar-refractivity contribution in [2.75, 3.05) is 10.5 Å². The third-order valence-corrected chi connectivity index (χ3v) is 3.76. The highest BCUT2D eigenvalue weighted by Gasteiger charge is 2.19. The number of sulfonamides is 1. The van der Waals surface area contributed by atoms with Gasteiger partial charge in [0, 0.05) is 0 Å². The number of H-pyrrole nitrogens is 1. The normalized spacial score (nSPS) is 12.4. The fourth-order valence-corrected chi connectivity index (χ4v) is 2.80. The Labute approximate surface area is 112 Å². The topological polar surface area (TPSA) is 101 Å². The summed E-state index contributed by atoms with van der Waals surface area (Å²) in [5, 5.41) is 6.25. The van der Waals surface area contributed by atoms with Crippen molar-refractivity contribution in [3.8, 4) is 0 Å². The Balaban J connectivity index is 2.77. The predicted molar refractivity (Wildman–Crippen MR) is 76.0 cm³/mol. The average molecular weight is 290 g/mol. The fourth-order valence-electron chi connectivity index (χ4n) is 1.20. The molecule has 4 N–H and O–H groups in total. The lowest BCUT2D eigenvalue weighted by Gasteiger charge is -2.18. The molecular formula is C10H18N4O2S2. The highest BCUT2D eigenvalue weighted by atomic mass is 32.2. The van der Waals surface area contributed by atoms with Crippen molar-refractivity contribution in [3.63, 3.8) is 0 Å². The Morgan fingerprint density at radius 3 is 2.67 bits per heavy atom. The van der Waals surface area contributed by atoms with Gasteiger partial charge in [-0.1, -0.05) is 33.0 Å². The molecule has 0 unspecified atom stereocenters. The second-order valence-electron chi connectivity index (χ2n) is 5.25. The first-order valence-corrected chi connectivity index (χ1v) is 7.50. The van der Waals surface area contributed by atoms with Crippen LogP contribution in [0.5, 0.6) is 0 Å². The van der Waals surface area contributed by atoms with Crippen molar-refractivity contribution in [1.82, 2.24) is 10.2 Å². The van der Waals surface area contributed by atoms with Crippen molar-refractivity contribution in [3.05, 3.63) is 11.8 Å². The van der Waals surface area contributed by atoms with Crippen LogP contribution >= 0.6 is 12.2 Å². The minimum Gasteiger partial charge on any atom is -0.389 e. The van der Waals surface area contributed by atoms with Crippen LogP contribution in [0.15, 0.2) is 6.20 Å². The van der Waals surface area contributed by atoms with Crippen molar-refractivity contribution in [2.24, 2.45) is 11.1 Å². The molecule has 0 bridgehead atoms. The number of nitrogens with two attached hydrogens (primary N) is 1. The number of aromatic amines is 1. The molecule has 0 saturated heterocycles. The van der Waals surface area contributed by atoms with E-state index in [1.54, 1.807) is 0 Å². The minimum atomic E-state index is -3.43. The maximum Gasteiger partial charge on any atom is 0.233 e. The summed E-state index contributed by atoms with van der Waals surface area (Å²) in [6.45, 7) is 5.96. The fraction of sp³-hybridized carbons (Fsp3) is 0.600. The summed E-state index contributed by atoms with van der Waals surface area (Å²) in [6.07, 6.45) is 1.95. The maximum atomic E-state index is 11.9. The van der Waals surface area contributed by atoms with Gasteiger partial charge in [0.1, 0.15) is 10.8 Å². The van der Waals surface area contributed by atoms with Crippen LogP contribution in [0.3, 0.4) is 0 Å². The largest absolute Gasteiger partial charge is 0.389 e. The molecule has 0 fully saturated rings. The highest BCUT2D eigenvalue weighted by Crippen LogP contribution is 2.20. The molecule has 1 heterocycles. The maximum absolute atomic E-state index is 11.9. The van der Waals surface area contributed by atoms with Crippen LogP contribution in [0.25, 0.3) is 0 Å². The van der Waals surface area contributed by atoms with Gasteiger partial charge in [0.15, 0.2) is 0 Å². The summed E-state index contributed by atoms with van der Waals surface area (Å²) in [4.78, 5) is 0.0947. The van der Waals surface area contributed by atoms with Crippen molar-refractivity contribution in [1.29, 1.82) is 0 Å². The molecule has 1 aromatic heterocycles. The van der Waals surface area contributed by atoms with Gasteiger partial charge < -0.3 is 5.73 Å². The molecule has 0 atom stereocenters. The summed E-state index contributed by atoms with van der Waals surface area (Å²) in [7, 11) is -3.43. The summed E-state index contributed by atoms with van der Waals surface area (Å²) < 4.78 is 26.2. The van der Waals surface area contributed by atoms with Crippen LogP contribution < -0.4 is 10.5 Å². The lowest BCUT2D eigenvalue weighted by molar-refractivity contribution is 0.397. The van der Waals surface area contributed by atoms with Crippen LogP contribution in [0.1, 0.15) is 32.8 Å². The van der Waals surface area contributed by atoms with E-state index in [-0.39, 0.29) is 22.0 Å². The third kappa shape index (κ3) is 4.61. The Morgan fingerprint density at radius 2 is 2.17 bits per heavy atom. The monoisotopic (exact) mass is 290 g/mol. The van der Waals surface area contributed by atoms with Crippen molar-refractivity contribution < 1.29 is 8.42 Å². The van der Waals surface area contributed by atoms with Gasteiger partial charge in [-0.05, 0) is 11.8 Å². The number of nitrogens with one attached hydrogen (secondary N) is 2. The molecule has 1 aromatic rings. The van der Waals surface area contributed by atoms with Crippen LogP contribution in [-0.2, 0) is 10.0 Å². The van der Waals surface area contributed by atoms with E-state index in [0.29, 0.717) is 12.0 Å². The molecule has 0 saturated carbocycles. The lowest BCUT2D eigenvalue weighted by Crippen LogP contribution is -2.22. The number of nitrogens with zero attached hydrogens (tertiary/aromatic N) is 1. The molecule has 0 aliphatic carbocycles. The van der Waals surface area contributed by atoms with E-state index >= 15 is 0 Å².